The quantitative estimate of drug-likeness (QED) is 0.598. The SMILES string of the molecule is C[C@H](NC(=O)c1cc(=O)[nH]c(-c2ccccc2)n1)c1ccc(N([O-])O)cc1. The van der Waals surface area contributed by atoms with Crippen molar-refractivity contribution < 1.29 is 10.0 Å². The van der Waals surface area contributed by atoms with Crippen molar-refractivity contribution in [2.24, 2.45) is 0 Å². The van der Waals surface area contributed by atoms with Gasteiger partial charge in [0.05, 0.1) is 11.7 Å². The van der Waals surface area contributed by atoms with Crippen LogP contribution in [0.5, 0.6) is 0 Å². The number of anilines is 1. The summed E-state index contributed by atoms with van der Waals surface area (Å²) in [5.41, 5.74) is 1.08. The van der Waals surface area contributed by atoms with Gasteiger partial charge < -0.3 is 20.7 Å². The van der Waals surface area contributed by atoms with Crippen LogP contribution in [0.25, 0.3) is 11.4 Å². The molecule has 8 nitrogen and oxygen atoms in total. The molecule has 0 aliphatic heterocycles. The molecular formula is C19H17N4O4-. The normalized spacial score (nSPS) is 11.7. The number of carbonyl (C=O) groups excluding carboxylic acids is 1. The second kappa shape index (κ2) is 7.81. The molecule has 3 rings (SSSR count). The van der Waals surface area contributed by atoms with Crippen molar-refractivity contribution in [3.8, 4) is 11.4 Å². The van der Waals surface area contributed by atoms with E-state index in [-0.39, 0.29) is 16.6 Å². The zero-order chi connectivity index (χ0) is 19.4. The standard InChI is InChI=1S/C19H17N4O4/c1-12(13-7-9-15(10-8-13)23(26)27)20-19(25)16-11-17(24)22-18(21-16)14-5-3-2-4-6-14/h2-12,26H,1H3,(H,20,25)(H,21,22,24)/q-1/t12-/m0/s1. The van der Waals surface area contributed by atoms with E-state index in [2.05, 4.69) is 15.3 Å². The van der Waals surface area contributed by atoms with Crippen molar-refractivity contribution in [3.05, 3.63) is 87.5 Å². The number of benzene rings is 2. The van der Waals surface area contributed by atoms with Gasteiger partial charge in [0.2, 0.25) is 0 Å². The highest BCUT2D eigenvalue weighted by molar-refractivity contribution is 5.92. The van der Waals surface area contributed by atoms with Crippen molar-refractivity contribution in [1.29, 1.82) is 0 Å². The Bertz CT molecular complexity index is 985. The van der Waals surface area contributed by atoms with Crippen LogP contribution in [0.4, 0.5) is 5.69 Å². The van der Waals surface area contributed by atoms with Gasteiger partial charge in [-0.2, -0.15) is 0 Å². The Balaban J connectivity index is 1.79. The first-order valence-corrected chi connectivity index (χ1v) is 8.18. The number of hydrogen-bond acceptors (Lipinski definition) is 6. The van der Waals surface area contributed by atoms with Crippen molar-refractivity contribution in [1.82, 2.24) is 15.3 Å². The average Bonchev–Trinajstić information content (AvgIpc) is 2.68. The molecule has 0 bridgehead atoms. The fourth-order valence-electron chi connectivity index (χ4n) is 2.55. The summed E-state index contributed by atoms with van der Waals surface area (Å²) in [6.07, 6.45) is 0. The maximum atomic E-state index is 12.5. The Morgan fingerprint density at radius 3 is 2.48 bits per heavy atom. The molecule has 3 N–H and O–H groups in total. The molecular weight excluding hydrogens is 348 g/mol. The zero-order valence-electron chi connectivity index (χ0n) is 14.4. The zero-order valence-corrected chi connectivity index (χ0v) is 14.4. The van der Waals surface area contributed by atoms with Crippen molar-refractivity contribution in [2.75, 3.05) is 5.23 Å². The van der Waals surface area contributed by atoms with Gasteiger partial charge >= 0.3 is 0 Å². The van der Waals surface area contributed by atoms with Gasteiger partial charge in [-0.1, -0.05) is 42.5 Å². The van der Waals surface area contributed by atoms with E-state index in [1.807, 2.05) is 18.2 Å². The van der Waals surface area contributed by atoms with E-state index in [0.717, 1.165) is 11.6 Å². The van der Waals surface area contributed by atoms with Crippen molar-refractivity contribution >= 4 is 11.6 Å². The fraction of sp³-hybridized carbons (Fsp3) is 0.105. The molecule has 138 valence electrons. The molecule has 3 aromatic rings. The van der Waals surface area contributed by atoms with Crippen LogP contribution in [0.1, 0.15) is 29.0 Å². The van der Waals surface area contributed by atoms with Crippen LogP contribution in [0.2, 0.25) is 0 Å². The lowest BCUT2D eigenvalue weighted by Crippen LogP contribution is -2.29. The van der Waals surface area contributed by atoms with Gasteiger partial charge in [0, 0.05) is 11.6 Å². The number of hydrogen-bond donors (Lipinski definition) is 3. The smallest absolute Gasteiger partial charge is 0.270 e. The molecule has 0 saturated carbocycles. The van der Waals surface area contributed by atoms with Crippen LogP contribution in [-0.4, -0.2) is 21.1 Å². The van der Waals surface area contributed by atoms with Crippen LogP contribution in [0.15, 0.2) is 65.5 Å². The highest BCUT2D eigenvalue weighted by Gasteiger charge is 2.15. The number of aromatic nitrogens is 2. The number of amides is 1. The van der Waals surface area contributed by atoms with E-state index in [1.165, 1.54) is 12.1 Å². The third kappa shape index (κ3) is 4.38. The number of aromatic amines is 1. The first-order valence-electron chi connectivity index (χ1n) is 8.18. The molecule has 1 heterocycles. The molecule has 0 aliphatic rings. The van der Waals surface area contributed by atoms with Gasteiger partial charge in [0.15, 0.2) is 0 Å². The maximum absolute atomic E-state index is 12.5. The minimum Gasteiger partial charge on any atom is -0.733 e. The highest BCUT2D eigenvalue weighted by Crippen LogP contribution is 2.18. The Labute approximate surface area is 154 Å². The predicted molar refractivity (Wildman–Crippen MR) is 100 cm³/mol. The van der Waals surface area contributed by atoms with Gasteiger partial charge in [-0.25, -0.2) is 4.98 Å². The summed E-state index contributed by atoms with van der Waals surface area (Å²) in [4.78, 5) is 31.3. The molecule has 2 aromatic carbocycles. The third-order valence-electron chi connectivity index (χ3n) is 3.98. The molecule has 1 amide bonds. The number of carbonyl (C=O) groups is 1. The largest absolute Gasteiger partial charge is 0.733 e. The summed E-state index contributed by atoms with van der Waals surface area (Å²) < 4.78 is 0. The lowest BCUT2D eigenvalue weighted by atomic mass is 10.1. The first-order chi connectivity index (χ1) is 12.9. The first kappa shape index (κ1) is 18.3. The molecule has 0 aliphatic carbocycles. The minimum absolute atomic E-state index is 0.00200. The number of nitrogens with zero attached hydrogens (tertiary/aromatic N) is 2. The lowest BCUT2D eigenvalue weighted by molar-refractivity contribution is 0.0934. The Morgan fingerprint density at radius 1 is 1.19 bits per heavy atom. The monoisotopic (exact) mass is 365 g/mol. The van der Waals surface area contributed by atoms with Crippen LogP contribution >= 0.6 is 0 Å². The highest BCUT2D eigenvalue weighted by atomic mass is 16.8. The Kier molecular flexibility index (Phi) is 5.30. The third-order valence-corrected chi connectivity index (χ3v) is 3.98. The lowest BCUT2D eigenvalue weighted by Gasteiger charge is -2.22. The molecule has 8 heteroatoms. The topological polar surface area (TPSA) is 121 Å². The van der Waals surface area contributed by atoms with Crippen LogP contribution in [0.3, 0.4) is 0 Å². The summed E-state index contributed by atoms with van der Waals surface area (Å²) in [5.74, 6) is -0.189. The molecule has 0 radical (unpaired) electrons. The van der Waals surface area contributed by atoms with E-state index >= 15 is 0 Å². The number of nitrogens with one attached hydrogen (secondary N) is 2. The van der Waals surface area contributed by atoms with E-state index in [4.69, 9.17) is 5.21 Å². The molecule has 27 heavy (non-hydrogen) atoms. The van der Waals surface area contributed by atoms with E-state index in [9.17, 15) is 14.8 Å². The molecule has 0 unspecified atom stereocenters. The average molecular weight is 365 g/mol. The summed E-state index contributed by atoms with van der Waals surface area (Å²) in [6, 6.07) is 15.9. The van der Waals surface area contributed by atoms with Gasteiger partial charge in [-0.3, -0.25) is 14.8 Å². The van der Waals surface area contributed by atoms with Crippen LogP contribution in [-0.2, 0) is 0 Å². The molecule has 1 aromatic heterocycles. The van der Waals surface area contributed by atoms with Crippen LogP contribution < -0.4 is 16.1 Å². The Morgan fingerprint density at radius 2 is 1.85 bits per heavy atom. The molecule has 0 saturated heterocycles. The second-order valence-electron chi connectivity index (χ2n) is 5.90. The summed E-state index contributed by atoms with van der Waals surface area (Å²) in [7, 11) is 0. The van der Waals surface area contributed by atoms with Gasteiger partial charge in [0.1, 0.15) is 11.5 Å². The van der Waals surface area contributed by atoms with Gasteiger partial charge in [0.25, 0.3) is 11.5 Å². The summed E-state index contributed by atoms with van der Waals surface area (Å²) >= 11 is 0. The van der Waals surface area contributed by atoms with Crippen molar-refractivity contribution in [3.63, 3.8) is 0 Å². The second-order valence-corrected chi connectivity index (χ2v) is 5.90. The number of H-pyrrole nitrogens is 1. The van der Waals surface area contributed by atoms with Crippen molar-refractivity contribution in [2.45, 2.75) is 13.0 Å². The maximum Gasteiger partial charge on any atom is 0.270 e. The van der Waals surface area contributed by atoms with Gasteiger partial charge in [-0.05, 0) is 24.6 Å². The van der Waals surface area contributed by atoms with E-state index in [0.29, 0.717) is 11.4 Å². The fourth-order valence-corrected chi connectivity index (χ4v) is 2.55. The van der Waals surface area contributed by atoms with Gasteiger partial charge in [-0.15, -0.1) is 0 Å². The molecule has 1 atom stereocenters. The number of rotatable bonds is 5. The van der Waals surface area contributed by atoms with E-state index in [1.54, 1.807) is 31.2 Å². The molecule has 0 fully saturated rings. The van der Waals surface area contributed by atoms with Crippen LogP contribution in [0, 0.1) is 5.21 Å². The predicted octanol–water partition coefficient (Wildman–Crippen LogP) is 2.62. The Hall–Kier alpha value is -3.49. The summed E-state index contributed by atoms with van der Waals surface area (Å²) in [5, 5.41) is 22.2. The summed E-state index contributed by atoms with van der Waals surface area (Å²) in [6.45, 7) is 1.76. The minimum atomic E-state index is -0.498. The molecule has 0 spiro atoms. The van der Waals surface area contributed by atoms with E-state index < -0.39 is 17.5 Å².